The minimum Gasteiger partial charge on any atom is -0.472 e. The second-order valence-corrected chi connectivity index (χ2v) is 11.7. The molecule has 5 fully saturated rings. The van der Waals surface area contributed by atoms with Gasteiger partial charge in [0.05, 0.1) is 49.8 Å². The molecule has 1 aromatic rings. The lowest BCUT2D eigenvalue weighted by Gasteiger charge is -2.59. The van der Waals surface area contributed by atoms with E-state index < -0.39 is 46.1 Å². The molecule has 0 radical (unpaired) electrons. The van der Waals surface area contributed by atoms with Crippen LogP contribution in [0.2, 0.25) is 0 Å². The Morgan fingerprint density at radius 1 is 1.20 bits per heavy atom. The Labute approximate surface area is 203 Å². The molecule has 35 heavy (non-hydrogen) atoms. The van der Waals surface area contributed by atoms with Crippen LogP contribution in [0.15, 0.2) is 23.0 Å². The quantitative estimate of drug-likeness (QED) is 0.504. The predicted molar refractivity (Wildman–Crippen MR) is 118 cm³/mol. The van der Waals surface area contributed by atoms with Crippen LogP contribution in [-0.2, 0) is 33.3 Å². The third kappa shape index (κ3) is 2.72. The van der Waals surface area contributed by atoms with E-state index in [1.807, 2.05) is 20.8 Å². The average molecular weight is 489 g/mol. The molecule has 2 spiro atoms. The molecule has 0 amide bonds. The fourth-order valence-corrected chi connectivity index (χ4v) is 8.46. The maximum absolute atomic E-state index is 14.0. The minimum absolute atomic E-state index is 0.00317. The van der Waals surface area contributed by atoms with Crippen molar-refractivity contribution in [2.45, 2.75) is 76.0 Å². The van der Waals surface area contributed by atoms with Gasteiger partial charge in [0.1, 0.15) is 18.0 Å². The van der Waals surface area contributed by atoms with Crippen LogP contribution in [0, 0.1) is 28.6 Å². The summed E-state index contributed by atoms with van der Waals surface area (Å²) in [6.45, 7) is 6.02. The van der Waals surface area contributed by atoms with E-state index in [-0.39, 0.29) is 49.1 Å². The molecule has 5 aliphatic rings. The van der Waals surface area contributed by atoms with Crippen molar-refractivity contribution in [1.29, 1.82) is 0 Å². The Bertz CT molecular complexity index is 1080. The number of hydrogen-bond acceptors (Lipinski definition) is 9. The molecule has 9 nitrogen and oxygen atoms in total. The van der Waals surface area contributed by atoms with Crippen molar-refractivity contribution < 1.29 is 42.9 Å². The van der Waals surface area contributed by atoms with Gasteiger partial charge in [0.2, 0.25) is 0 Å². The fraction of sp³-hybridized carbons (Fsp3) is 0.731. The van der Waals surface area contributed by atoms with Gasteiger partial charge in [-0.15, -0.1) is 0 Å². The molecule has 0 bridgehead atoms. The van der Waals surface area contributed by atoms with E-state index >= 15 is 0 Å². The van der Waals surface area contributed by atoms with E-state index in [2.05, 4.69) is 0 Å². The van der Waals surface area contributed by atoms with Crippen molar-refractivity contribution >= 4 is 17.7 Å². The average Bonchev–Trinajstić information content (AvgIpc) is 3.20. The monoisotopic (exact) mass is 488 g/mol. The molecular formula is C26H32O9. The summed E-state index contributed by atoms with van der Waals surface area (Å²) in [5.74, 6) is -1.88. The van der Waals surface area contributed by atoms with Crippen LogP contribution in [0.25, 0.3) is 0 Å². The molecule has 0 aromatic carbocycles. The maximum atomic E-state index is 14.0. The minimum atomic E-state index is -1.24. The highest BCUT2D eigenvalue weighted by atomic mass is 16.7. The fourth-order valence-electron chi connectivity index (χ4n) is 8.46. The van der Waals surface area contributed by atoms with E-state index in [1.165, 1.54) is 19.6 Å². The first kappa shape index (κ1) is 23.2. The summed E-state index contributed by atoms with van der Waals surface area (Å²) < 4.78 is 28.6. The first-order valence-corrected chi connectivity index (χ1v) is 12.3. The van der Waals surface area contributed by atoms with Gasteiger partial charge in [-0.3, -0.25) is 9.59 Å². The number of cyclic esters (lactones) is 1. The summed E-state index contributed by atoms with van der Waals surface area (Å²) in [5, 5.41) is 11.6. The van der Waals surface area contributed by atoms with Crippen molar-refractivity contribution in [2.24, 2.45) is 28.6 Å². The van der Waals surface area contributed by atoms with Crippen molar-refractivity contribution in [3.05, 3.63) is 24.2 Å². The Hall–Kier alpha value is -2.23. The lowest BCUT2D eigenvalue weighted by Crippen LogP contribution is -2.67. The molecule has 4 heterocycles. The number of ketones is 1. The van der Waals surface area contributed by atoms with Gasteiger partial charge in [-0.2, -0.15) is 0 Å². The summed E-state index contributed by atoms with van der Waals surface area (Å²) in [5.41, 5.74) is -2.78. The number of Topliss-reactive ketones (excluding diaryl/α,β-unsaturated/α-hetero) is 1. The van der Waals surface area contributed by atoms with Crippen molar-refractivity contribution in [2.75, 3.05) is 13.7 Å². The maximum Gasteiger partial charge on any atom is 0.338 e. The standard InChI is InChI=1S/C26H32O9/c1-23(2)16-9-15(27)19-14(25(16)12-33-18(28)10-17(25)34-23)5-7-24(3,20(29)13-6-8-32-11-13)26(19)21(35-26)22(30)31-4/h6,8,11,14,16-17,19-21,29H,5,7,9-10,12H2,1-4H3/t14-,16+,17+,19-,20+,21-,24+,25-,26-/m1/s1. The van der Waals surface area contributed by atoms with Gasteiger partial charge in [0, 0.05) is 28.7 Å². The summed E-state index contributed by atoms with van der Waals surface area (Å²) >= 11 is 0. The van der Waals surface area contributed by atoms with Crippen molar-refractivity contribution in [1.82, 2.24) is 0 Å². The second kappa shape index (κ2) is 7.17. The number of methoxy groups -OCH3 is 1. The molecular weight excluding hydrogens is 456 g/mol. The number of aliphatic hydroxyl groups is 1. The molecule has 3 saturated heterocycles. The Kier molecular flexibility index (Phi) is 4.75. The smallest absolute Gasteiger partial charge is 0.338 e. The van der Waals surface area contributed by atoms with Gasteiger partial charge in [-0.05, 0) is 38.7 Å². The number of fused-ring (bicyclic) bond motifs is 2. The van der Waals surface area contributed by atoms with Crippen LogP contribution in [0.1, 0.15) is 58.1 Å². The number of hydrogen-bond donors (Lipinski definition) is 1. The topological polar surface area (TPSA) is 125 Å². The van der Waals surface area contributed by atoms with E-state index in [4.69, 9.17) is 23.4 Å². The Balaban J connectivity index is 1.49. The molecule has 3 aliphatic heterocycles. The molecule has 2 saturated carbocycles. The van der Waals surface area contributed by atoms with Crippen LogP contribution < -0.4 is 0 Å². The van der Waals surface area contributed by atoms with Crippen LogP contribution in [-0.4, -0.2) is 60.0 Å². The first-order valence-electron chi connectivity index (χ1n) is 12.3. The number of esters is 2. The summed E-state index contributed by atoms with van der Waals surface area (Å²) in [4.78, 5) is 39.1. The molecule has 0 unspecified atom stereocenters. The lowest BCUT2D eigenvalue weighted by molar-refractivity contribution is -0.196. The normalized spacial score (nSPS) is 46.3. The van der Waals surface area contributed by atoms with Crippen molar-refractivity contribution in [3.63, 3.8) is 0 Å². The van der Waals surface area contributed by atoms with E-state index in [1.54, 1.807) is 6.07 Å². The molecule has 2 aliphatic carbocycles. The van der Waals surface area contributed by atoms with Crippen molar-refractivity contribution in [3.8, 4) is 0 Å². The highest BCUT2D eigenvalue weighted by Crippen LogP contribution is 2.74. The van der Waals surface area contributed by atoms with E-state index in [0.717, 1.165) is 0 Å². The highest BCUT2D eigenvalue weighted by molar-refractivity contribution is 5.89. The number of epoxide rings is 1. The molecule has 9 heteroatoms. The highest BCUT2D eigenvalue weighted by Gasteiger charge is 2.83. The predicted octanol–water partition coefficient (Wildman–Crippen LogP) is 2.36. The third-order valence-electron chi connectivity index (χ3n) is 10.1. The lowest BCUT2D eigenvalue weighted by atomic mass is 9.42. The van der Waals surface area contributed by atoms with Gasteiger partial charge in [0.25, 0.3) is 0 Å². The zero-order valence-electron chi connectivity index (χ0n) is 20.4. The second-order valence-electron chi connectivity index (χ2n) is 11.7. The SMILES string of the molecule is COC(=O)[C@H]1O[C@]12[C@H]1C(=O)C[C@H]3C(C)(C)O[C@H]4CC(=O)OC[C@]43[C@@H]1CC[C@@]2(C)[C@@H](O)c1ccoc1. The Morgan fingerprint density at radius 3 is 2.66 bits per heavy atom. The summed E-state index contributed by atoms with van der Waals surface area (Å²) in [6.07, 6.45) is 2.08. The zero-order valence-corrected chi connectivity index (χ0v) is 20.4. The molecule has 190 valence electrons. The molecule has 6 rings (SSSR count). The van der Waals surface area contributed by atoms with E-state index in [9.17, 15) is 19.5 Å². The number of ether oxygens (including phenoxy) is 4. The van der Waals surface area contributed by atoms with Crippen LogP contribution in [0.4, 0.5) is 0 Å². The number of furan rings is 1. The number of carbonyl (C=O) groups is 3. The van der Waals surface area contributed by atoms with Gasteiger partial charge in [-0.25, -0.2) is 4.79 Å². The van der Waals surface area contributed by atoms with E-state index in [0.29, 0.717) is 18.4 Å². The van der Waals surface area contributed by atoms with Crippen LogP contribution >= 0.6 is 0 Å². The van der Waals surface area contributed by atoms with Gasteiger partial charge >= 0.3 is 11.9 Å². The van der Waals surface area contributed by atoms with Gasteiger partial charge in [0.15, 0.2) is 6.10 Å². The first-order chi connectivity index (χ1) is 16.5. The zero-order chi connectivity index (χ0) is 25.0. The largest absolute Gasteiger partial charge is 0.472 e. The summed E-state index contributed by atoms with van der Waals surface area (Å²) in [6, 6.07) is 1.69. The number of aliphatic hydroxyl groups excluding tert-OH is 1. The number of rotatable bonds is 3. The van der Waals surface area contributed by atoms with Gasteiger partial charge in [-0.1, -0.05) is 6.92 Å². The third-order valence-corrected chi connectivity index (χ3v) is 10.1. The number of carbonyl (C=O) groups excluding carboxylic acids is 3. The molecule has 1 N–H and O–H groups in total. The Morgan fingerprint density at radius 2 is 1.97 bits per heavy atom. The summed E-state index contributed by atoms with van der Waals surface area (Å²) in [7, 11) is 1.29. The van der Waals surface area contributed by atoms with Gasteiger partial charge < -0.3 is 28.5 Å². The van der Waals surface area contributed by atoms with Crippen LogP contribution in [0.3, 0.4) is 0 Å². The van der Waals surface area contributed by atoms with Crippen LogP contribution in [0.5, 0.6) is 0 Å². The molecule has 1 aromatic heterocycles. The molecule has 9 atom stereocenters.